The average Bonchev–Trinajstić information content (AvgIpc) is 2.24. The van der Waals surface area contributed by atoms with Gasteiger partial charge in [0.2, 0.25) is 5.91 Å². The zero-order valence-corrected chi connectivity index (χ0v) is 11.2. The molecule has 0 N–H and O–H groups in total. The maximum atomic E-state index is 11.6. The maximum absolute atomic E-state index is 11.6. The summed E-state index contributed by atoms with van der Waals surface area (Å²) in [7, 11) is 3.82. The van der Waals surface area contributed by atoms with Crippen molar-refractivity contribution in [1.82, 2.24) is 9.80 Å². The molecule has 0 aliphatic rings. The molecule has 0 aliphatic carbocycles. The summed E-state index contributed by atoms with van der Waals surface area (Å²) in [6.45, 7) is 11.3. The van der Waals surface area contributed by atoms with Crippen molar-refractivity contribution in [3.63, 3.8) is 0 Å². The third-order valence-electron chi connectivity index (χ3n) is 2.49. The minimum atomic E-state index is 0.0639. The van der Waals surface area contributed by atoms with Gasteiger partial charge in [0.15, 0.2) is 0 Å². The number of hydrogen-bond acceptors (Lipinski definition) is 2. The normalized spacial score (nSPS) is 10.9. The molecule has 0 bridgehead atoms. The lowest BCUT2D eigenvalue weighted by molar-refractivity contribution is -0.133. The highest BCUT2D eigenvalue weighted by Crippen LogP contribution is 2.02. The molecule has 3 nitrogen and oxygen atoms in total. The van der Waals surface area contributed by atoms with Gasteiger partial charge in [0.05, 0.1) is 0 Å². The van der Waals surface area contributed by atoms with Crippen LogP contribution in [-0.2, 0) is 4.79 Å². The minimum Gasteiger partial charge on any atom is -0.373 e. The van der Waals surface area contributed by atoms with Crippen molar-refractivity contribution in [2.24, 2.45) is 5.92 Å². The fraction of sp³-hybridized carbons (Fsp3) is 0.615. The number of carbonyl (C=O) groups excluding carboxylic acids is 1. The Kier molecular flexibility index (Phi) is 6.54. The molecule has 0 aromatic heterocycles. The Morgan fingerprint density at radius 2 is 1.75 bits per heavy atom. The molecule has 3 heteroatoms. The smallest absolute Gasteiger partial charge is 0.224 e. The van der Waals surface area contributed by atoms with Crippen LogP contribution >= 0.6 is 0 Å². The largest absolute Gasteiger partial charge is 0.373 e. The van der Waals surface area contributed by atoms with E-state index in [-0.39, 0.29) is 11.8 Å². The molecule has 0 fully saturated rings. The van der Waals surface area contributed by atoms with E-state index in [0.29, 0.717) is 0 Å². The van der Waals surface area contributed by atoms with E-state index in [1.807, 2.05) is 51.9 Å². The zero-order valence-electron chi connectivity index (χ0n) is 11.2. The molecule has 0 aliphatic heterocycles. The molecule has 0 radical (unpaired) electrons. The predicted octanol–water partition coefficient (Wildman–Crippen LogP) is 2.12. The van der Waals surface area contributed by atoms with Crippen LogP contribution in [0.15, 0.2) is 24.4 Å². The minimum absolute atomic E-state index is 0.0639. The molecule has 0 aromatic carbocycles. The molecule has 0 unspecified atom stereocenters. The van der Waals surface area contributed by atoms with Crippen LogP contribution in [0.3, 0.4) is 0 Å². The lowest BCUT2D eigenvalue weighted by Gasteiger charge is -2.25. The summed E-state index contributed by atoms with van der Waals surface area (Å²) in [5, 5.41) is 0. The Balaban J connectivity index is 4.05. The van der Waals surface area contributed by atoms with E-state index in [9.17, 15) is 4.79 Å². The average molecular weight is 224 g/mol. The first kappa shape index (κ1) is 14.8. The fourth-order valence-corrected chi connectivity index (χ4v) is 1.31. The second kappa shape index (κ2) is 7.09. The van der Waals surface area contributed by atoms with E-state index in [2.05, 4.69) is 6.58 Å². The summed E-state index contributed by atoms with van der Waals surface area (Å²) in [5.74, 6) is 0.249. The Morgan fingerprint density at radius 3 is 2.19 bits per heavy atom. The number of nitrogens with zero attached hydrogens (tertiary/aromatic N) is 2. The lowest BCUT2D eigenvalue weighted by atomic mass is 10.2. The number of hydrogen-bond donors (Lipinski definition) is 0. The van der Waals surface area contributed by atoms with E-state index in [4.69, 9.17) is 0 Å². The highest BCUT2D eigenvalue weighted by atomic mass is 16.2. The van der Waals surface area contributed by atoms with Gasteiger partial charge >= 0.3 is 0 Å². The van der Waals surface area contributed by atoms with E-state index < -0.39 is 0 Å². The van der Waals surface area contributed by atoms with Crippen LogP contribution in [0.2, 0.25) is 0 Å². The van der Waals surface area contributed by atoms with Gasteiger partial charge in [0.25, 0.3) is 0 Å². The molecule has 0 aromatic rings. The molecule has 92 valence electrons. The predicted molar refractivity (Wildman–Crippen MR) is 69.1 cm³/mol. The van der Waals surface area contributed by atoms with Crippen molar-refractivity contribution in [1.29, 1.82) is 0 Å². The van der Waals surface area contributed by atoms with Gasteiger partial charge in [0, 0.05) is 38.8 Å². The maximum Gasteiger partial charge on any atom is 0.224 e. The van der Waals surface area contributed by atoms with Crippen LogP contribution in [-0.4, -0.2) is 42.9 Å². The van der Waals surface area contributed by atoms with Crippen molar-refractivity contribution in [3.8, 4) is 0 Å². The molecule has 0 saturated carbocycles. The second-order valence-corrected chi connectivity index (χ2v) is 4.33. The SMILES string of the molecule is C=C(/C=C\C)N(C)CCN(C)C(=O)C(C)C. The van der Waals surface area contributed by atoms with Crippen molar-refractivity contribution in [3.05, 3.63) is 24.4 Å². The second-order valence-electron chi connectivity index (χ2n) is 4.33. The summed E-state index contributed by atoms with van der Waals surface area (Å²) >= 11 is 0. The van der Waals surface area contributed by atoms with Crippen molar-refractivity contribution < 1.29 is 4.79 Å². The van der Waals surface area contributed by atoms with Gasteiger partial charge in [-0.25, -0.2) is 0 Å². The van der Waals surface area contributed by atoms with Gasteiger partial charge in [-0.3, -0.25) is 4.79 Å². The fourth-order valence-electron chi connectivity index (χ4n) is 1.31. The molecule has 1 amide bonds. The molecular weight excluding hydrogens is 200 g/mol. The lowest BCUT2D eigenvalue weighted by Crippen LogP contribution is -2.36. The van der Waals surface area contributed by atoms with Crippen LogP contribution in [0.4, 0.5) is 0 Å². The Labute approximate surface area is 99.4 Å². The third-order valence-corrected chi connectivity index (χ3v) is 2.49. The first-order valence-corrected chi connectivity index (χ1v) is 5.67. The highest BCUT2D eigenvalue weighted by molar-refractivity contribution is 5.77. The van der Waals surface area contributed by atoms with Gasteiger partial charge in [-0.2, -0.15) is 0 Å². The zero-order chi connectivity index (χ0) is 12.7. The highest BCUT2D eigenvalue weighted by Gasteiger charge is 2.12. The molecule has 0 saturated heterocycles. The molecule has 0 spiro atoms. The molecule has 0 atom stereocenters. The van der Waals surface area contributed by atoms with Gasteiger partial charge in [-0.05, 0) is 13.0 Å². The van der Waals surface area contributed by atoms with Crippen LogP contribution in [0.25, 0.3) is 0 Å². The first-order chi connectivity index (χ1) is 7.40. The number of amides is 1. The summed E-state index contributed by atoms with van der Waals surface area (Å²) in [6, 6.07) is 0. The summed E-state index contributed by atoms with van der Waals surface area (Å²) in [5.41, 5.74) is 0.966. The quantitative estimate of drug-likeness (QED) is 0.645. The van der Waals surface area contributed by atoms with E-state index in [0.717, 1.165) is 18.8 Å². The monoisotopic (exact) mass is 224 g/mol. The molecular formula is C13H24N2O. The van der Waals surface area contributed by atoms with E-state index in [1.54, 1.807) is 4.90 Å². The molecule has 16 heavy (non-hydrogen) atoms. The Hall–Kier alpha value is -1.25. The first-order valence-electron chi connectivity index (χ1n) is 5.67. The van der Waals surface area contributed by atoms with Crippen LogP contribution < -0.4 is 0 Å². The number of rotatable bonds is 6. The van der Waals surface area contributed by atoms with Gasteiger partial charge in [0.1, 0.15) is 0 Å². The van der Waals surface area contributed by atoms with Gasteiger partial charge in [-0.15, -0.1) is 0 Å². The molecule has 0 rings (SSSR count). The number of carbonyl (C=O) groups is 1. The Bertz CT molecular complexity index is 269. The van der Waals surface area contributed by atoms with Crippen molar-refractivity contribution in [2.75, 3.05) is 27.2 Å². The summed E-state index contributed by atoms with van der Waals surface area (Å²) in [4.78, 5) is 15.4. The van der Waals surface area contributed by atoms with Crippen molar-refractivity contribution >= 4 is 5.91 Å². The number of allylic oxidation sites excluding steroid dienone is 2. The van der Waals surface area contributed by atoms with Crippen LogP contribution in [0.5, 0.6) is 0 Å². The standard InChI is InChI=1S/C13H24N2O/c1-7-8-12(4)14(5)9-10-15(6)13(16)11(2)3/h7-8,11H,4,9-10H2,1-3,5-6H3/b8-7-. The molecule has 0 heterocycles. The summed E-state index contributed by atoms with van der Waals surface area (Å²) < 4.78 is 0. The number of likely N-dealkylation sites (N-methyl/N-ethyl adjacent to an activating group) is 2. The summed E-state index contributed by atoms with van der Waals surface area (Å²) in [6.07, 6.45) is 3.92. The van der Waals surface area contributed by atoms with Gasteiger partial charge < -0.3 is 9.80 Å². The van der Waals surface area contributed by atoms with E-state index >= 15 is 0 Å². The van der Waals surface area contributed by atoms with Crippen LogP contribution in [0.1, 0.15) is 20.8 Å². The van der Waals surface area contributed by atoms with Crippen LogP contribution in [0, 0.1) is 5.92 Å². The van der Waals surface area contributed by atoms with Gasteiger partial charge in [-0.1, -0.05) is 26.5 Å². The Morgan fingerprint density at radius 1 is 1.25 bits per heavy atom. The topological polar surface area (TPSA) is 23.6 Å². The third kappa shape index (κ3) is 5.01. The van der Waals surface area contributed by atoms with Crippen molar-refractivity contribution in [2.45, 2.75) is 20.8 Å². The van der Waals surface area contributed by atoms with E-state index in [1.165, 1.54) is 0 Å².